The largest absolute Gasteiger partial charge is 0.507 e. The molecule has 0 aliphatic rings. The van der Waals surface area contributed by atoms with E-state index in [4.69, 9.17) is 0 Å². The minimum Gasteiger partial charge on any atom is -0.507 e. The molecule has 0 bridgehead atoms. The summed E-state index contributed by atoms with van der Waals surface area (Å²) in [6.07, 6.45) is 0. The molecule has 2 aromatic heterocycles. The average Bonchev–Trinajstić information content (AvgIpc) is 2.68. The van der Waals surface area contributed by atoms with E-state index < -0.39 is 23.0 Å². The van der Waals surface area contributed by atoms with Crippen LogP contribution in [-0.4, -0.2) is 38.1 Å². The molecule has 1 aromatic carbocycles. The zero-order valence-electron chi connectivity index (χ0n) is 14.7. The molecule has 0 atom stereocenters. The Labute approximate surface area is 152 Å². The van der Waals surface area contributed by atoms with Gasteiger partial charge >= 0.3 is 11.7 Å². The van der Waals surface area contributed by atoms with Crippen LogP contribution < -0.4 is 11.2 Å². The first-order valence-corrected chi connectivity index (χ1v) is 7.79. The van der Waals surface area contributed by atoms with Crippen molar-refractivity contribution in [3.05, 3.63) is 68.0 Å². The Balaban J connectivity index is 2.43. The number of phenolic OH excluding ortho intramolecular Hbond substituents is 1. The first-order chi connectivity index (χ1) is 12.8. The molecule has 0 aliphatic carbocycles. The van der Waals surface area contributed by atoms with Crippen LogP contribution in [0.15, 0.2) is 39.9 Å². The number of carbonyl (C=O) groups excluding carboxylic acids is 2. The second-order valence-corrected chi connectivity index (χ2v) is 5.80. The van der Waals surface area contributed by atoms with Gasteiger partial charge in [-0.3, -0.25) is 18.7 Å². The molecule has 3 aromatic rings. The molecule has 0 spiro atoms. The number of aryl methyl sites for hydroxylation is 1. The molecule has 9 heteroatoms. The maximum absolute atomic E-state index is 12.9. The van der Waals surface area contributed by atoms with E-state index in [0.29, 0.717) is 0 Å². The molecule has 3 rings (SSSR count). The number of esters is 1. The molecular formula is C18H15N3O6. The number of methoxy groups -OCH3 is 1. The number of hydrogen-bond acceptors (Lipinski definition) is 7. The number of nitrogens with zero attached hydrogens (tertiary/aromatic N) is 3. The number of ether oxygens (including phenoxy) is 1. The van der Waals surface area contributed by atoms with E-state index in [-0.39, 0.29) is 33.6 Å². The molecule has 27 heavy (non-hydrogen) atoms. The van der Waals surface area contributed by atoms with E-state index in [1.165, 1.54) is 38.4 Å². The second kappa shape index (κ2) is 6.52. The molecule has 2 heterocycles. The third-order valence-corrected chi connectivity index (χ3v) is 4.20. The predicted octanol–water partition coefficient (Wildman–Crippen LogP) is 0.355. The standard InChI is InChI=1S/C18H15N3O6/c1-20-15-11(16(24)21(2)18(20)26)8-10(13(19-15)17(25)27-3)14(23)9-6-4-5-7-12(9)22/h4-8,22H,1-3H3. The van der Waals surface area contributed by atoms with Crippen LogP contribution in [0, 0.1) is 0 Å². The van der Waals surface area contributed by atoms with Crippen LogP contribution in [0.3, 0.4) is 0 Å². The van der Waals surface area contributed by atoms with Gasteiger partial charge in [-0.1, -0.05) is 12.1 Å². The van der Waals surface area contributed by atoms with E-state index in [1.807, 2.05) is 0 Å². The first kappa shape index (κ1) is 18.1. The van der Waals surface area contributed by atoms with Gasteiger partial charge < -0.3 is 9.84 Å². The monoisotopic (exact) mass is 369 g/mol. The minimum atomic E-state index is -0.913. The average molecular weight is 369 g/mol. The molecule has 0 aliphatic heterocycles. The Morgan fingerprint density at radius 2 is 1.74 bits per heavy atom. The molecule has 1 N–H and O–H groups in total. The quantitative estimate of drug-likeness (QED) is 0.522. The summed E-state index contributed by atoms with van der Waals surface area (Å²) in [7, 11) is 3.80. The fraction of sp³-hybridized carbons (Fsp3) is 0.167. The Bertz CT molecular complexity index is 1220. The van der Waals surface area contributed by atoms with Crippen molar-refractivity contribution in [3.63, 3.8) is 0 Å². The molecule has 0 saturated carbocycles. The summed E-state index contributed by atoms with van der Waals surface area (Å²) >= 11 is 0. The van der Waals surface area contributed by atoms with Crippen LogP contribution in [0.4, 0.5) is 0 Å². The highest BCUT2D eigenvalue weighted by Gasteiger charge is 2.25. The normalized spacial score (nSPS) is 10.8. The number of pyridine rings is 1. The molecule has 0 radical (unpaired) electrons. The van der Waals surface area contributed by atoms with Gasteiger partial charge in [0.15, 0.2) is 11.5 Å². The molecule has 9 nitrogen and oxygen atoms in total. The van der Waals surface area contributed by atoms with Crippen molar-refractivity contribution in [3.8, 4) is 5.75 Å². The smallest absolute Gasteiger partial charge is 0.357 e. The van der Waals surface area contributed by atoms with Gasteiger partial charge in [-0.25, -0.2) is 14.6 Å². The van der Waals surface area contributed by atoms with Gasteiger partial charge in [0.05, 0.1) is 23.6 Å². The lowest BCUT2D eigenvalue weighted by Crippen LogP contribution is -2.37. The third-order valence-electron chi connectivity index (χ3n) is 4.20. The van der Waals surface area contributed by atoms with Gasteiger partial charge in [-0.2, -0.15) is 0 Å². The minimum absolute atomic E-state index is 0.0222. The highest BCUT2D eigenvalue weighted by atomic mass is 16.5. The van der Waals surface area contributed by atoms with E-state index in [9.17, 15) is 24.3 Å². The number of rotatable bonds is 3. The number of aromatic hydroxyl groups is 1. The summed E-state index contributed by atoms with van der Waals surface area (Å²) in [5.74, 6) is -1.91. The van der Waals surface area contributed by atoms with Crippen LogP contribution in [0.25, 0.3) is 11.0 Å². The molecule has 0 fully saturated rings. The van der Waals surface area contributed by atoms with Crippen molar-refractivity contribution in [2.24, 2.45) is 14.1 Å². The fourth-order valence-corrected chi connectivity index (χ4v) is 2.74. The lowest BCUT2D eigenvalue weighted by Gasteiger charge is -2.12. The Hall–Kier alpha value is -3.75. The van der Waals surface area contributed by atoms with Crippen LogP contribution in [0.2, 0.25) is 0 Å². The Morgan fingerprint density at radius 1 is 1.07 bits per heavy atom. The number of hydrogen-bond donors (Lipinski definition) is 1. The van der Waals surface area contributed by atoms with Gasteiger partial charge in [-0.15, -0.1) is 0 Å². The number of benzene rings is 1. The van der Waals surface area contributed by atoms with Crippen LogP contribution in [0.1, 0.15) is 26.4 Å². The van der Waals surface area contributed by atoms with Gasteiger partial charge in [0, 0.05) is 14.1 Å². The van der Waals surface area contributed by atoms with E-state index in [2.05, 4.69) is 9.72 Å². The van der Waals surface area contributed by atoms with Crippen molar-refractivity contribution in [2.45, 2.75) is 0 Å². The van der Waals surface area contributed by atoms with Crippen molar-refractivity contribution in [1.29, 1.82) is 0 Å². The van der Waals surface area contributed by atoms with Crippen LogP contribution >= 0.6 is 0 Å². The molecule has 0 amide bonds. The molecule has 0 saturated heterocycles. The van der Waals surface area contributed by atoms with Crippen molar-refractivity contribution < 1.29 is 19.4 Å². The number of carbonyl (C=O) groups is 2. The summed E-state index contributed by atoms with van der Waals surface area (Å²) < 4.78 is 6.65. The summed E-state index contributed by atoms with van der Waals surface area (Å²) in [5, 5.41) is 9.93. The maximum atomic E-state index is 12.9. The van der Waals surface area contributed by atoms with Crippen LogP contribution in [-0.2, 0) is 18.8 Å². The number of para-hydroxylation sites is 1. The summed E-state index contributed by atoms with van der Waals surface area (Å²) in [6, 6.07) is 6.97. The predicted molar refractivity (Wildman–Crippen MR) is 95.1 cm³/mol. The van der Waals surface area contributed by atoms with Crippen molar-refractivity contribution in [2.75, 3.05) is 7.11 Å². The van der Waals surface area contributed by atoms with Gasteiger partial charge in [-0.05, 0) is 18.2 Å². The van der Waals surface area contributed by atoms with E-state index >= 15 is 0 Å². The van der Waals surface area contributed by atoms with Crippen molar-refractivity contribution in [1.82, 2.24) is 14.1 Å². The Kier molecular flexibility index (Phi) is 4.36. The number of fused-ring (bicyclic) bond motifs is 1. The lowest BCUT2D eigenvalue weighted by atomic mass is 10.00. The number of aromatic nitrogens is 3. The van der Waals surface area contributed by atoms with Gasteiger partial charge in [0.1, 0.15) is 11.4 Å². The van der Waals surface area contributed by atoms with E-state index in [0.717, 1.165) is 16.2 Å². The number of phenols is 1. The molecular weight excluding hydrogens is 354 g/mol. The first-order valence-electron chi connectivity index (χ1n) is 7.79. The fourth-order valence-electron chi connectivity index (χ4n) is 2.74. The van der Waals surface area contributed by atoms with Gasteiger partial charge in [0.25, 0.3) is 5.56 Å². The highest BCUT2D eigenvalue weighted by Crippen LogP contribution is 2.23. The topological polar surface area (TPSA) is 120 Å². The number of ketones is 1. The second-order valence-electron chi connectivity index (χ2n) is 5.80. The zero-order chi connectivity index (χ0) is 19.9. The molecule has 0 unspecified atom stereocenters. The summed E-state index contributed by atoms with van der Waals surface area (Å²) in [6.45, 7) is 0. The molecule has 138 valence electrons. The third kappa shape index (κ3) is 2.78. The van der Waals surface area contributed by atoms with Crippen LogP contribution in [0.5, 0.6) is 5.75 Å². The van der Waals surface area contributed by atoms with Gasteiger partial charge in [0.2, 0.25) is 0 Å². The lowest BCUT2D eigenvalue weighted by molar-refractivity contribution is 0.0591. The zero-order valence-corrected chi connectivity index (χ0v) is 14.7. The highest BCUT2D eigenvalue weighted by molar-refractivity contribution is 6.16. The summed E-state index contributed by atoms with van der Waals surface area (Å²) in [4.78, 5) is 53.7. The SMILES string of the molecule is COC(=O)c1nc2c(cc1C(=O)c1ccccc1O)c(=O)n(C)c(=O)n2C. The maximum Gasteiger partial charge on any atom is 0.357 e. The summed E-state index contributed by atoms with van der Waals surface area (Å²) in [5.41, 5.74) is -1.99. The van der Waals surface area contributed by atoms with Crippen molar-refractivity contribution >= 4 is 22.8 Å². The van der Waals surface area contributed by atoms with E-state index in [1.54, 1.807) is 6.07 Å². The Morgan fingerprint density at radius 3 is 2.37 bits per heavy atom.